The molecule has 0 aliphatic heterocycles. The molecular weight excluding hydrogens is 295 g/mol. The molecule has 0 spiro atoms. The Morgan fingerprint density at radius 1 is 1.35 bits per heavy atom. The van der Waals surface area contributed by atoms with Crippen LogP contribution in [0.25, 0.3) is 6.08 Å². The molecule has 4 nitrogen and oxygen atoms in total. The van der Waals surface area contributed by atoms with Gasteiger partial charge in [-0.25, -0.2) is 9.18 Å². The van der Waals surface area contributed by atoms with E-state index in [9.17, 15) is 9.18 Å². The van der Waals surface area contributed by atoms with Crippen molar-refractivity contribution in [3.63, 3.8) is 0 Å². The lowest BCUT2D eigenvalue weighted by Gasteiger charge is -2.06. The quantitative estimate of drug-likeness (QED) is 0.824. The molecule has 120 valence electrons. The maximum absolute atomic E-state index is 12.9. The Morgan fingerprint density at radius 2 is 2.13 bits per heavy atom. The summed E-state index contributed by atoms with van der Waals surface area (Å²) < 4.78 is 18.0. The number of halogens is 1. The Hall–Kier alpha value is -2.69. The van der Waals surface area contributed by atoms with E-state index >= 15 is 0 Å². The number of hydrogen-bond donors (Lipinski definition) is 1. The van der Waals surface area contributed by atoms with E-state index < -0.39 is 6.09 Å². The number of hydrogen-bond acceptors (Lipinski definition) is 3. The molecule has 1 N–H and O–H groups in total. The lowest BCUT2D eigenvalue weighted by molar-refractivity contribution is 0.140. The summed E-state index contributed by atoms with van der Waals surface area (Å²) >= 11 is 0. The summed E-state index contributed by atoms with van der Waals surface area (Å²) in [6, 6.07) is 10.9. The van der Waals surface area contributed by atoms with Gasteiger partial charge in [0.15, 0.2) is 0 Å². The van der Waals surface area contributed by atoms with Crippen LogP contribution in [-0.2, 0) is 11.3 Å². The van der Waals surface area contributed by atoms with Gasteiger partial charge >= 0.3 is 6.09 Å². The Morgan fingerprint density at radius 3 is 2.87 bits per heavy atom. The molecular formula is C18H19FN2O2. The SMILES string of the molecule is Cc1cc(F)cnc1C=CCCNC(=O)OCc1ccccc1. The van der Waals surface area contributed by atoms with Crippen LogP contribution in [0.1, 0.15) is 23.2 Å². The smallest absolute Gasteiger partial charge is 0.407 e. The van der Waals surface area contributed by atoms with Crippen molar-refractivity contribution >= 4 is 12.2 Å². The number of alkyl carbamates (subject to hydrolysis) is 1. The molecule has 0 saturated heterocycles. The third kappa shape index (κ3) is 5.90. The maximum atomic E-state index is 12.9. The number of benzene rings is 1. The highest BCUT2D eigenvalue weighted by atomic mass is 19.1. The molecule has 5 heteroatoms. The van der Waals surface area contributed by atoms with Crippen LogP contribution in [0.3, 0.4) is 0 Å². The van der Waals surface area contributed by atoms with Crippen molar-refractivity contribution in [2.75, 3.05) is 6.54 Å². The number of ether oxygens (including phenoxy) is 1. The molecule has 0 unspecified atom stereocenters. The zero-order valence-electron chi connectivity index (χ0n) is 13.0. The maximum Gasteiger partial charge on any atom is 0.407 e. The molecule has 0 saturated carbocycles. The largest absolute Gasteiger partial charge is 0.445 e. The summed E-state index contributed by atoms with van der Waals surface area (Å²) in [5.74, 6) is -0.345. The molecule has 1 heterocycles. The predicted octanol–water partition coefficient (Wildman–Crippen LogP) is 3.86. The number of aromatic nitrogens is 1. The molecule has 1 aromatic carbocycles. The van der Waals surface area contributed by atoms with Crippen LogP contribution < -0.4 is 5.32 Å². The second-order valence-electron chi connectivity index (χ2n) is 5.04. The predicted molar refractivity (Wildman–Crippen MR) is 87.2 cm³/mol. The van der Waals surface area contributed by atoms with Crippen molar-refractivity contribution in [3.05, 3.63) is 71.3 Å². The van der Waals surface area contributed by atoms with Crippen LogP contribution in [0.4, 0.5) is 9.18 Å². The number of aryl methyl sites for hydroxylation is 1. The fourth-order valence-electron chi connectivity index (χ4n) is 1.95. The topological polar surface area (TPSA) is 51.2 Å². The number of amides is 1. The number of carbonyl (C=O) groups excluding carboxylic acids is 1. The normalized spacial score (nSPS) is 10.7. The van der Waals surface area contributed by atoms with Gasteiger partial charge < -0.3 is 10.1 Å². The number of pyridine rings is 1. The van der Waals surface area contributed by atoms with Crippen molar-refractivity contribution < 1.29 is 13.9 Å². The van der Waals surface area contributed by atoms with Crippen molar-refractivity contribution in [1.82, 2.24) is 10.3 Å². The first-order chi connectivity index (χ1) is 11.1. The van der Waals surface area contributed by atoms with Crippen LogP contribution in [0.15, 0.2) is 48.7 Å². The minimum Gasteiger partial charge on any atom is -0.445 e. The van der Waals surface area contributed by atoms with E-state index in [4.69, 9.17) is 4.74 Å². The van der Waals surface area contributed by atoms with Gasteiger partial charge in [-0.2, -0.15) is 0 Å². The summed E-state index contributed by atoms with van der Waals surface area (Å²) in [6.07, 6.45) is 5.07. The van der Waals surface area contributed by atoms with Crippen LogP contribution in [0.5, 0.6) is 0 Å². The molecule has 0 atom stereocenters. The molecule has 1 amide bonds. The lowest BCUT2D eigenvalue weighted by atomic mass is 10.2. The van der Waals surface area contributed by atoms with E-state index in [1.807, 2.05) is 42.5 Å². The van der Waals surface area contributed by atoms with E-state index in [1.165, 1.54) is 12.3 Å². The molecule has 2 rings (SSSR count). The van der Waals surface area contributed by atoms with Gasteiger partial charge in [0.25, 0.3) is 0 Å². The number of carbonyl (C=O) groups is 1. The Kier molecular flexibility index (Phi) is 6.29. The van der Waals surface area contributed by atoms with Crippen LogP contribution in [0, 0.1) is 12.7 Å². The lowest BCUT2D eigenvalue weighted by Crippen LogP contribution is -2.24. The minimum absolute atomic E-state index is 0.251. The fraction of sp³-hybridized carbons (Fsp3) is 0.222. The van der Waals surface area contributed by atoms with E-state index in [2.05, 4.69) is 10.3 Å². The van der Waals surface area contributed by atoms with Gasteiger partial charge in [0, 0.05) is 6.54 Å². The minimum atomic E-state index is -0.446. The van der Waals surface area contributed by atoms with Gasteiger partial charge in [-0.05, 0) is 36.6 Å². The summed E-state index contributed by atoms with van der Waals surface area (Å²) in [5, 5.41) is 2.67. The van der Waals surface area contributed by atoms with Crippen molar-refractivity contribution in [3.8, 4) is 0 Å². The first-order valence-electron chi connectivity index (χ1n) is 7.38. The first kappa shape index (κ1) is 16.7. The summed E-state index contributed by atoms with van der Waals surface area (Å²) in [7, 11) is 0. The highest BCUT2D eigenvalue weighted by Crippen LogP contribution is 2.08. The third-order valence-corrected chi connectivity index (χ3v) is 3.15. The van der Waals surface area contributed by atoms with Crippen LogP contribution >= 0.6 is 0 Å². The van der Waals surface area contributed by atoms with Gasteiger partial charge in [0.2, 0.25) is 0 Å². The highest BCUT2D eigenvalue weighted by molar-refractivity contribution is 5.67. The second-order valence-corrected chi connectivity index (χ2v) is 5.04. The first-order valence-corrected chi connectivity index (χ1v) is 7.38. The van der Waals surface area contributed by atoms with E-state index in [0.717, 1.165) is 16.8 Å². The summed E-state index contributed by atoms with van der Waals surface area (Å²) in [6.45, 7) is 2.51. The summed E-state index contributed by atoms with van der Waals surface area (Å²) in [4.78, 5) is 15.5. The van der Waals surface area contributed by atoms with Crippen molar-refractivity contribution in [2.24, 2.45) is 0 Å². The zero-order chi connectivity index (χ0) is 16.5. The molecule has 23 heavy (non-hydrogen) atoms. The van der Waals surface area contributed by atoms with Gasteiger partial charge in [0.1, 0.15) is 12.4 Å². The van der Waals surface area contributed by atoms with Crippen molar-refractivity contribution in [2.45, 2.75) is 20.0 Å². The van der Waals surface area contributed by atoms with Crippen LogP contribution in [0.2, 0.25) is 0 Å². The van der Waals surface area contributed by atoms with E-state index in [1.54, 1.807) is 6.92 Å². The van der Waals surface area contributed by atoms with Gasteiger partial charge in [-0.15, -0.1) is 0 Å². The second kappa shape index (κ2) is 8.68. The third-order valence-electron chi connectivity index (χ3n) is 3.15. The molecule has 0 aliphatic rings. The standard InChI is InChI=1S/C18H19FN2O2/c1-14-11-16(19)12-21-17(14)9-5-6-10-20-18(22)23-13-15-7-3-2-4-8-15/h2-5,7-9,11-12H,6,10,13H2,1H3,(H,20,22). The molecule has 0 fully saturated rings. The van der Waals surface area contributed by atoms with Crippen molar-refractivity contribution in [1.29, 1.82) is 0 Å². The molecule has 0 aliphatic carbocycles. The highest BCUT2D eigenvalue weighted by Gasteiger charge is 2.01. The average Bonchev–Trinajstić information content (AvgIpc) is 2.55. The zero-order valence-corrected chi connectivity index (χ0v) is 13.0. The number of nitrogens with zero attached hydrogens (tertiary/aromatic N) is 1. The van der Waals surface area contributed by atoms with Crippen LogP contribution in [-0.4, -0.2) is 17.6 Å². The number of rotatable bonds is 6. The van der Waals surface area contributed by atoms with Gasteiger partial charge in [-0.3, -0.25) is 4.98 Å². The molecule has 2 aromatic rings. The Bertz CT molecular complexity index is 672. The molecule has 0 bridgehead atoms. The Balaban J connectivity index is 1.66. The summed E-state index contributed by atoms with van der Waals surface area (Å²) in [5.41, 5.74) is 2.44. The fourth-order valence-corrected chi connectivity index (χ4v) is 1.95. The van der Waals surface area contributed by atoms with E-state index in [-0.39, 0.29) is 12.4 Å². The number of nitrogens with one attached hydrogen (secondary N) is 1. The Labute approximate surface area is 135 Å². The molecule has 1 aromatic heterocycles. The van der Waals surface area contributed by atoms with E-state index in [0.29, 0.717) is 13.0 Å². The average molecular weight is 314 g/mol. The molecule has 0 radical (unpaired) electrons. The van der Waals surface area contributed by atoms with Gasteiger partial charge in [-0.1, -0.05) is 36.4 Å². The monoisotopic (exact) mass is 314 g/mol. The van der Waals surface area contributed by atoms with Gasteiger partial charge in [0.05, 0.1) is 11.9 Å².